The molecule has 1 rings (SSSR count). The molecule has 0 radical (unpaired) electrons. The zero-order valence-electron chi connectivity index (χ0n) is 9.01. The fraction of sp³-hybridized carbons (Fsp3) is 0.400. The van der Waals surface area contributed by atoms with E-state index in [1.165, 1.54) is 0 Å². The van der Waals surface area contributed by atoms with Crippen molar-refractivity contribution in [3.8, 4) is 0 Å². The van der Waals surface area contributed by atoms with Crippen molar-refractivity contribution in [3.05, 3.63) is 24.0 Å². The molecule has 0 saturated carbocycles. The van der Waals surface area contributed by atoms with E-state index < -0.39 is 0 Å². The Hall–Kier alpha value is -1.78. The van der Waals surface area contributed by atoms with Crippen molar-refractivity contribution in [2.45, 2.75) is 13.8 Å². The SMILES string of the molecule is CCN(CC)c1ccncc1/C(N)=N\O. The summed E-state index contributed by atoms with van der Waals surface area (Å²) in [4.78, 5) is 6.09. The van der Waals surface area contributed by atoms with Gasteiger partial charge in [0, 0.05) is 25.5 Å². The fourth-order valence-electron chi connectivity index (χ4n) is 1.48. The van der Waals surface area contributed by atoms with Gasteiger partial charge in [-0.2, -0.15) is 0 Å². The van der Waals surface area contributed by atoms with Gasteiger partial charge < -0.3 is 15.8 Å². The van der Waals surface area contributed by atoms with Crippen LogP contribution in [0.15, 0.2) is 23.6 Å². The molecule has 5 heteroatoms. The van der Waals surface area contributed by atoms with Crippen molar-refractivity contribution in [1.29, 1.82) is 0 Å². The minimum Gasteiger partial charge on any atom is -0.409 e. The fourth-order valence-corrected chi connectivity index (χ4v) is 1.48. The highest BCUT2D eigenvalue weighted by Gasteiger charge is 2.11. The maximum atomic E-state index is 8.66. The normalized spacial score (nSPS) is 11.5. The number of aromatic nitrogens is 1. The molecule has 0 aliphatic heterocycles. The van der Waals surface area contributed by atoms with Crippen LogP contribution in [0, 0.1) is 0 Å². The summed E-state index contributed by atoms with van der Waals surface area (Å²) in [6.45, 7) is 5.85. The Kier molecular flexibility index (Phi) is 3.91. The van der Waals surface area contributed by atoms with Crippen LogP contribution in [0.5, 0.6) is 0 Å². The van der Waals surface area contributed by atoms with E-state index >= 15 is 0 Å². The van der Waals surface area contributed by atoms with Crippen LogP contribution in [-0.4, -0.2) is 29.1 Å². The Morgan fingerprint density at radius 1 is 1.53 bits per heavy atom. The van der Waals surface area contributed by atoms with Crippen molar-refractivity contribution in [1.82, 2.24) is 4.98 Å². The molecule has 3 N–H and O–H groups in total. The highest BCUT2D eigenvalue weighted by Crippen LogP contribution is 2.18. The summed E-state index contributed by atoms with van der Waals surface area (Å²) in [5.41, 5.74) is 7.17. The molecule has 5 nitrogen and oxygen atoms in total. The van der Waals surface area contributed by atoms with Crippen molar-refractivity contribution in [2.75, 3.05) is 18.0 Å². The van der Waals surface area contributed by atoms with Gasteiger partial charge in [0.2, 0.25) is 0 Å². The molecule has 1 aromatic rings. The molecule has 1 heterocycles. The Bertz CT molecular complexity index is 347. The molecule has 0 aromatic carbocycles. The number of hydrogen-bond donors (Lipinski definition) is 2. The van der Waals surface area contributed by atoms with E-state index in [4.69, 9.17) is 10.9 Å². The van der Waals surface area contributed by atoms with E-state index in [1.807, 2.05) is 6.07 Å². The van der Waals surface area contributed by atoms with Crippen LogP contribution in [0.1, 0.15) is 19.4 Å². The van der Waals surface area contributed by atoms with Crippen LogP contribution in [0.2, 0.25) is 0 Å². The van der Waals surface area contributed by atoms with Crippen molar-refractivity contribution < 1.29 is 5.21 Å². The second kappa shape index (κ2) is 5.19. The molecule has 0 unspecified atom stereocenters. The van der Waals surface area contributed by atoms with Gasteiger partial charge in [0.05, 0.1) is 11.3 Å². The predicted octanol–water partition coefficient (Wildman–Crippen LogP) is 1.02. The van der Waals surface area contributed by atoms with Crippen LogP contribution >= 0.6 is 0 Å². The van der Waals surface area contributed by atoms with E-state index in [2.05, 4.69) is 28.9 Å². The van der Waals surface area contributed by atoms with E-state index in [0.717, 1.165) is 18.8 Å². The monoisotopic (exact) mass is 208 g/mol. The minimum atomic E-state index is 0.0880. The number of pyridine rings is 1. The molecule has 0 aliphatic carbocycles. The number of nitrogens with two attached hydrogens (primary N) is 1. The topological polar surface area (TPSA) is 74.7 Å². The Labute approximate surface area is 89.2 Å². The lowest BCUT2D eigenvalue weighted by Gasteiger charge is -2.23. The summed E-state index contributed by atoms with van der Waals surface area (Å²) >= 11 is 0. The van der Waals surface area contributed by atoms with Gasteiger partial charge in [-0.05, 0) is 19.9 Å². The summed E-state index contributed by atoms with van der Waals surface area (Å²) in [5, 5.41) is 11.7. The van der Waals surface area contributed by atoms with Crippen molar-refractivity contribution in [2.24, 2.45) is 10.9 Å². The molecule has 0 spiro atoms. The number of hydrogen-bond acceptors (Lipinski definition) is 4. The molecule has 0 amide bonds. The standard InChI is InChI=1S/C10H16N4O/c1-3-14(4-2)9-5-6-12-7-8(9)10(11)13-15/h5-7,15H,3-4H2,1-2H3,(H2,11,13). The second-order valence-corrected chi connectivity index (χ2v) is 3.05. The van der Waals surface area contributed by atoms with Gasteiger partial charge >= 0.3 is 0 Å². The first-order valence-corrected chi connectivity index (χ1v) is 4.91. The first-order chi connectivity index (χ1) is 7.24. The van der Waals surface area contributed by atoms with Crippen molar-refractivity contribution >= 4 is 11.5 Å². The molecular formula is C10H16N4O. The van der Waals surface area contributed by atoms with Crippen LogP contribution in [0.4, 0.5) is 5.69 Å². The van der Waals surface area contributed by atoms with Crippen molar-refractivity contribution in [3.63, 3.8) is 0 Å². The summed E-state index contributed by atoms with van der Waals surface area (Å²) < 4.78 is 0. The van der Waals surface area contributed by atoms with E-state index in [-0.39, 0.29) is 5.84 Å². The highest BCUT2D eigenvalue weighted by atomic mass is 16.4. The highest BCUT2D eigenvalue weighted by molar-refractivity contribution is 6.01. The molecule has 0 aliphatic rings. The molecule has 0 fully saturated rings. The van der Waals surface area contributed by atoms with E-state index in [1.54, 1.807) is 12.4 Å². The first-order valence-electron chi connectivity index (χ1n) is 4.91. The number of amidine groups is 1. The van der Waals surface area contributed by atoms with Crippen LogP contribution in [0.3, 0.4) is 0 Å². The zero-order valence-corrected chi connectivity index (χ0v) is 9.01. The van der Waals surface area contributed by atoms with Crippen LogP contribution in [-0.2, 0) is 0 Å². The van der Waals surface area contributed by atoms with Gasteiger partial charge in [0.25, 0.3) is 0 Å². The van der Waals surface area contributed by atoms with Crippen LogP contribution < -0.4 is 10.6 Å². The number of nitrogens with zero attached hydrogens (tertiary/aromatic N) is 3. The second-order valence-electron chi connectivity index (χ2n) is 3.05. The number of rotatable bonds is 4. The summed E-state index contributed by atoms with van der Waals surface area (Å²) in [6.07, 6.45) is 3.30. The summed E-state index contributed by atoms with van der Waals surface area (Å²) in [6, 6.07) is 1.86. The third kappa shape index (κ3) is 2.37. The van der Waals surface area contributed by atoms with E-state index in [9.17, 15) is 0 Å². The van der Waals surface area contributed by atoms with Gasteiger partial charge in [-0.1, -0.05) is 5.16 Å². The Morgan fingerprint density at radius 2 is 2.20 bits per heavy atom. The third-order valence-electron chi connectivity index (χ3n) is 2.29. The lowest BCUT2D eigenvalue weighted by atomic mass is 10.2. The van der Waals surface area contributed by atoms with Gasteiger partial charge in [-0.15, -0.1) is 0 Å². The minimum absolute atomic E-state index is 0.0880. The van der Waals surface area contributed by atoms with Gasteiger partial charge in [0.15, 0.2) is 5.84 Å². The van der Waals surface area contributed by atoms with Gasteiger partial charge in [-0.25, -0.2) is 0 Å². The third-order valence-corrected chi connectivity index (χ3v) is 2.29. The summed E-state index contributed by atoms with van der Waals surface area (Å²) in [7, 11) is 0. The quantitative estimate of drug-likeness (QED) is 0.335. The average molecular weight is 208 g/mol. The lowest BCUT2D eigenvalue weighted by Crippen LogP contribution is -2.26. The van der Waals surface area contributed by atoms with E-state index in [0.29, 0.717) is 5.56 Å². The molecule has 82 valence electrons. The molecular weight excluding hydrogens is 192 g/mol. The zero-order chi connectivity index (χ0) is 11.3. The largest absolute Gasteiger partial charge is 0.409 e. The first kappa shape index (κ1) is 11.3. The van der Waals surface area contributed by atoms with Gasteiger partial charge in [-0.3, -0.25) is 4.98 Å². The molecule has 0 saturated heterocycles. The number of oxime groups is 1. The van der Waals surface area contributed by atoms with Gasteiger partial charge in [0.1, 0.15) is 0 Å². The molecule has 0 atom stereocenters. The Morgan fingerprint density at radius 3 is 2.73 bits per heavy atom. The Balaban J connectivity index is 3.16. The molecule has 0 bridgehead atoms. The summed E-state index contributed by atoms with van der Waals surface area (Å²) in [5.74, 6) is 0.0880. The maximum absolute atomic E-state index is 8.66. The molecule has 1 aromatic heterocycles. The predicted molar refractivity (Wildman–Crippen MR) is 60.3 cm³/mol. The molecule has 15 heavy (non-hydrogen) atoms. The number of anilines is 1. The smallest absolute Gasteiger partial charge is 0.173 e. The maximum Gasteiger partial charge on any atom is 0.173 e. The lowest BCUT2D eigenvalue weighted by molar-refractivity contribution is 0.318. The average Bonchev–Trinajstić information content (AvgIpc) is 2.30. The van der Waals surface area contributed by atoms with Crippen LogP contribution in [0.25, 0.3) is 0 Å².